The lowest BCUT2D eigenvalue weighted by atomic mass is 10.0. The first-order valence-corrected chi connectivity index (χ1v) is 9.52. The van der Waals surface area contributed by atoms with Crippen LogP contribution in [0.2, 0.25) is 0 Å². The van der Waals surface area contributed by atoms with Crippen molar-refractivity contribution in [3.63, 3.8) is 0 Å². The summed E-state index contributed by atoms with van der Waals surface area (Å²) >= 11 is 2.30. The molecule has 1 fully saturated rings. The fraction of sp³-hybridized carbons (Fsp3) is 0.316. The van der Waals surface area contributed by atoms with E-state index in [9.17, 15) is 4.79 Å². The molecule has 1 saturated heterocycles. The Bertz CT molecular complexity index is 814. The van der Waals surface area contributed by atoms with Crippen LogP contribution in [0.3, 0.4) is 0 Å². The van der Waals surface area contributed by atoms with E-state index in [1.165, 1.54) is 0 Å². The third-order valence-electron chi connectivity index (χ3n) is 4.85. The average molecular weight is 447 g/mol. The maximum atomic E-state index is 12.6. The Kier molecular flexibility index (Phi) is 4.56. The number of aliphatic imine (C=N–C) groups is 1. The highest BCUT2D eigenvalue weighted by Crippen LogP contribution is 2.24. The number of piperazine rings is 1. The number of carbonyl (C=O) groups is 1. The van der Waals surface area contributed by atoms with Crippen molar-refractivity contribution in [2.75, 3.05) is 33.2 Å². The first-order chi connectivity index (χ1) is 12.1. The van der Waals surface area contributed by atoms with Crippen LogP contribution in [0, 0.1) is 0 Å². The van der Waals surface area contributed by atoms with E-state index in [4.69, 9.17) is 0 Å². The van der Waals surface area contributed by atoms with Crippen LogP contribution >= 0.6 is 22.6 Å². The van der Waals surface area contributed by atoms with Crippen LogP contribution in [0.4, 0.5) is 0 Å². The summed E-state index contributed by atoms with van der Waals surface area (Å²) in [6, 6.07) is 7.94. The Morgan fingerprint density at radius 1 is 1.20 bits per heavy atom. The lowest BCUT2D eigenvalue weighted by molar-refractivity contribution is -0.476. The van der Waals surface area contributed by atoms with Crippen molar-refractivity contribution in [2.45, 2.75) is 6.17 Å². The molecule has 1 aromatic rings. The first-order valence-electron chi connectivity index (χ1n) is 8.44. The molecule has 1 unspecified atom stereocenters. The van der Waals surface area contributed by atoms with Gasteiger partial charge in [-0.25, -0.2) is 4.99 Å². The van der Waals surface area contributed by atoms with Crippen molar-refractivity contribution in [2.24, 2.45) is 4.99 Å². The number of amides is 1. The molecule has 0 aliphatic carbocycles. The Morgan fingerprint density at radius 3 is 2.64 bits per heavy atom. The van der Waals surface area contributed by atoms with Gasteiger partial charge < -0.3 is 9.80 Å². The summed E-state index contributed by atoms with van der Waals surface area (Å²) in [5, 5.41) is 0. The van der Waals surface area contributed by atoms with Gasteiger partial charge in [-0.15, -0.1) is 0 Å². The van der Waals surface area contributed by atoms with Crippen molar-refractivity contribution < 1.29 is 9.37 Å². The smallest absolute Gasteiger partial charge is 0.271 e. The minimum absolute atomic E-state index is 0.0914. The number of nitrogens with zero attached hydrogens (tertiary/aromatic N) is 4. The Hall–Kier alpha value is -1.80. The molecule has 3 heterocycles. The summed E-state index contributed by atoms with van der Waals surface area (Å²) in [7, 11) is 2.09. The number of benzene rings is 1. The van der Waals surface area contributed by atoms with Crippen LogP contribution in [0.15, 0.2) is 47.6 Å². The molecule has 4 rings (SSSR count). The number of rotatable bonds is 2. The number of allylic oxidation sites excluding steroid dienone is 2. The van der Waals surface area contributed by atoms with Gasteiger partial charge in [-0.3, -0.25) is 4.79 Å². The third kappa shape index (κ3) is 3.32. The van der Waals surface area contributed by atoms with Gasteiger partial charge in [0.2, 0.25) is 0 Å². The molecule has 3 aliphatic rings. The van der Waals surface area contributed by atoms with Crippen LogP contribution in [0.25, 0.3) is 5.57 Å². The molecule has 0 saturated carbocycles. The molecule has 1 atom stereocenters. The molecule has 0 spiro atoms. The molecule has 0 aromatic heterocycles. The van der Waals surface area contributed by atoms with Crippen LogP contribution < -0.4 is 0 Å². The van der Waals surface area contributed by atoms with Gasteiger partial charge in [0, 0.05) is 66.0 Å². The number of hydrogen-bond acceptors (Lipinski definition) is 3. The van der Waals surface area contributed by atoms with E-state index in [2.05, 4.69) is 62.5 Å². The van der Waals surface area contributed by atoms with Gasteiger partial charge in [-0.05, 0) is 30.8 Å². The minimum atomic E-state index is 0.0914. The average Bonchev–Trinajstić information content (AvgIpc) is 3.02. The van der Waals surface area contributed by atoms with E-state index >= 15 is 0 Å². The van der Waals surface area contributed by atoms with Crippen LogP contribution in [0.5, 0.6) is 0 Å². The zero-order valence-electron chi connectivity index (χ0n) is 14.1. The highest BCUT2D eigenvalue weighted by atomic mass is 127. The van der Waals surface area contributed by atoms with Gasteiger partial charge in [0.25, 0.3) is 15.8 Å². The molecule has 5 nitrogen and oxygen atoms in total. The molecule has 0 N–H and O–H groups in total. The quantitative estimate of drug-likeness (QED) is 0.516. The lowest BCUT2D eigenvalue weighted by Crippen LogP contribution is -2.47. The summed E-state index contributed by atoms with van der Waals surface area (Å²) in [5.41, 5.74) is 3.01. The predicted molar refractivity (Wildman–Crippen MR) is 109 cm³/mol. The van der Waals surface area contributed by atoms with Crippen molar-refractivity contribution in [3.8, 4) is 0 Å². The molecule has 0 bridgehead atoms. The number of halogens is 1. The number of hydrogen-bond donors (Lipinski definition) is 0. The van der Waals surface area contributed by atoms with Crippen molar-refractivity contribution in [3.05, 3.63) is 53.7 Å². The Labute approximate surface area is 161 Å². The Balaban J connectivity index is 1.51. The second-order valence-corrected chi connectivity index (χ2v) is 7.64. The zero-order chi connectivity index (χ0) is 17.4. The van der Waals surface area contributed by atoms with E-state index in [-0.39, 0.29) is 12.1 Å². The second kappa shape index (κ2) is 6.84. The van der Waals surface area contributed by atoms with Gasteiger partial charge in [0.1, 0.15) is 6.21 Å². The van der Waals surface area contributed by atoms with E-state index in [0.29, 0.717) is 0 Å². The molecule has 25 heavy (non-hydrogen) atoms. The summed E-state index contributed by atoms with van der Waals surface area (Å²) in [6.45, 7) is 3.48. The molecule has 3 aliphatic heterocycles. The van der Waals surface area contributed by atoms with Gasteiger partial charge in [0.15, 0.2) is 6.20 Å². The van der Waals surface area contributed by atoms with Gasteiger partial charge in [0.05, 0.1) is 0 Å². The fourth-order valence-electron chi connectivity index (χ4n) is 3.23. The van der Waals surface area contributed by atoms with E-state index in [0.717, 1.165) is 46.6 Å². The maximum Gasteiger partial charge on any atom is 0.271 e. The van der Waals surface area contributed by atoms with E-state index < -0.39 is 0 Å². The summed E-state index contributed by atoms with van der Waals surface area (Å²) in [6.07, 6.45) is 8.31. The van der Waals surface area contributed by atoms with E-state index in [1.807, 2.05) is 35.4 Å². The van der Waals surface area contributed by atoms with Gasteiger partial charge in [-0.1, -0.05) is 12.1 Å². The summed E-state index contributed by atoms with van der Waals surface area (Å²) < 4.78 is 3.27. The number of carbonyl (C=O) groups excluding carboxylic acids is 1. The normalized spacial score (nSPS) is 23.0. The minimum Gasteiger partial charge on any atom is -0.336 e. The van der Waals surface area contributed by atoms with Crippen LogP contribution in [0.1, 0.15) is 15.9 Å². The fourth-order valence-corrected chi connectivity index (χ4v) is 3.82. The third-order valence-corrected chi connectivity index (χ3v) is 5.68. The van der Waals surface area contributed by atoms with Gasteiger partial charge in [-0.2, -0.15) is 4.58 Å². The molecular weight excluding hydrogens is 427 g/mol. The van der Waals surface area contributed by atoms with Crippen molar-refractivity contribution in [1.82, 2.24) is 9.80 Å². The summed E-state index contributed by atoms with van der Waals surface area (Å²) in [4.78, 5) is 21.3. The monoisotopic (exact) mass is 447 g/mol. The number of fused-ring (bicyclic) bond motifs is 1. The lowest BCUT2D eigenvalue weighted by Gasteiger charge is -2.32. The topological polar surface area (TPSA) is 38.9 Å². The first kappa shape index (κ1) is 16.7. The molecule has 1 amide bonds. The van der Waals surface area contributed by atoms with E-state index in [1.54, 1.807) is 0 Å². The molecule has 128 valence electrons. The highest BCUT2D eigenvalue weighted by Gasteiger charge is 2.28. The SMILES string of the molecule is CN1CCN(C(=O)c2ccc(C3=C[N+]4=C(I)C=NC4C=C3)cc2)CC1. The second-order valence-electron chi connectivity index (χ2n) is 6.54. The largest absolute Gasteiger partial charge is 0.336 e. The molecule has 1 aromatic carbocycles. The van der Waals surface area contributed by atoms with Crippen molar-refractivity contribution in [1.29, 1.82) is 0 Å². The van der Waals surface area contributed by atoms with Crippen LogP contribution in [-0.2, 0) is 0 Å². The van der Waals surface area contributed by atoms with Crippen molar-refractivity contribution >= 4 is 44.0 Å². The molecular formula is C19H20IN4O+. The maximum absolute atomic E-state index is 12.6. The molecule has 6 heteroatoms. The summed E-state index contributed by atoms with van der Waals surface area (Å²) in [5.74, 6) is 0.128. The number of likely N-dealkylation sites (N-methyl/N-ethyl adjacent to an activating group) is 1. The van der Waals surface area contributed by atoms with Gasteiger partial charge >= 0.3 is 0 Å². The zero-order valence-corrected chi connectivity index (χ0v) is 16.3. The molecule has 0 radical (unpaired) electrons. The Morgan fingerprint density at radius 2 is 1.92 bits per heavy atom. The predicted octanol–water partition coefficient (Wildman–Crippen LogP) is 2.24. The standard InChI is InChI=1S/C19H20IN4O/c1-22-8-10-23(11-9-22)19(25)15-4-2-14(3-5-15)16-6-7-18-21-12-17(20)24(18)13-16/h2-7,12-13,18H,8-11H2,1H3/q+1. The highest BCUT2D eigenvalue weighted by molar-refractivity contribution is 14.1. The van der Waals surface area contributed by atoms with Crippen LogP contribution in [-0.4, -0.2) is 69.6 Å².